The maximum Gasteiger partial charge on any atom is 0.148 e. The summed E-state index contributed by atoms with van der Waals surface area (Å²) in [6.45, 7) is 0. The highest BCUT2D eigenvalue weighted by Crippen LogP contribution is 2.53. The molecule has 0 saturated heterocycles. The van der Waals surface area contributed by atoms with Crippen LogP contribution in [0.3, 0.4) is 0 Å². The van der Waals surface area contributed by atoms with Crippen molar-refractivity contribution in [2.24, 2.45) is 11.1 Å². The maximum absolute atomic E-state index is 6.30. The fraction of sp³-hybridized carbons (Fsp3) is 0.600. The van der Waals surface area contributed by atoms with Crippen LogP contribution in [0.25, 0.3) is 0 Å². The van der Waals surface area contributed by atoms with E-state index in [9.17, 15) is 0 Å². The molecule has 0 aliphatic heterocycles. The SMILES string of the molecule is NC1CC(Oc2c(Br)cccc2Br)C12CCCCC2. The van der Waals surface area contributed by atoms with Crippen molar-refractivity contribution < 1.29 is 4.74 Å². The minimum atomic E-state index is 0.229. The highest BCUT2D eigenvalue weighted by Gasteiger charge is 2.55. The summed E-state index contributed by atoms with van der Waals surface area (Å²) in [4.78, 5) is 0. The molecule has 4 heteroatoms. The van der Waals surface area contributed by atoms with E-state index in [1.807, 2.05) is 18.2 Å². The molecule has 0 bridgehead atoms. The van der Waals surface area contributed by atoms with Gasteiger partial charge in [-0.2, -0.15) is 0 Å². The first-order chi connectivity index (χ1) is 9.13. The van der Waals surface area contributed by atoms with Gasteiger partial charge in [-0.15, -0.1) is 0 Å². The van der Waals surface area contributed by atoms with E-state index in [1.165, 1.54) is 32.1 Å². The predicted molar refractivity (Wildman–Crippen MR) is 84.4 cm³/mol. The zero-order chi connectivity index (χ0) is 13.5. The van der Waals surface area contributed by atoms with Gasteiger partial charge in [0.25, 0.3) is 0 Å². The zero-order valence-electron chi connectivity index (χ0n) is 10.9. The number of benzene rings is 1. The van der Waals surface area contributed by atoms with Crippen molar-refractivity contribution in [3.05, 3.63) is 27.1 Å². The lowest BCUT2D eigenvalue weighted by atomic mass is 9.55. The number of rotatable bonds is 2. The molecule has 2 aliphatic rings. The Labute approximate surface area is 131 Å². The second kappa shape index (κ2) is 5.38. The van der Waals surface area contributed by atoms with Crippen LogP contribution in [0.15, 0.2) is 27.1 Å². The number of halogens is 2. The minimum absolute atomic E-state index is 0.229. The molecule has 2 saturated carbocycles. The fourth-order valence-corrected chi connectivity index (χ4v) is 4.77. The summed E-state index contributed by atoms with van der Waals surface area (Å²) in [6.07, 6.45) is 7.64. The van der Waals surface area contributed by atoms with Crippen molar-refractivity contribution in [2.75, 3.05) is 0 Å². The van der Waals surface area contributed by atoms with Crippen molar-refractivity contribution >= 4 is 31.9 Å². The van der Waals surface area contributed by atoms with Crippen LogP contribution in [0.1, 0.15) is 38.5 Å². The van der Waals surface area contributed by atoms with Crippen LogP contribution in [0.2, 0.25) is 0 Å². The fourth-order valence-electron chi connectivity index (χ4n) is 3.58. The summed E-state index contributed by atoms with van der Waals surface area (Å²) >= 11 is 7.14. The molecule has 3 rings (SSSR count). The van der Waals surface area contributed by atoms with Gasteiger partial charge in [-0.1, -0.05) is 25.3 Å². The summed E-state index contributed by atoms with van der Waals surface area (Å²) in [6, 6.07) is 6.36. The van der Waals surface area contributed by atoms with Gasteiger partial charge in [-0.25, -0.2) is 0 Å². The van der Waals surface area contributed by atoms with Gasteiger partial charge in [-0.05, 0) is 56.8 Å². The third-order valence-corrected chi connectivity index (χ3v) is 6.06. The first-order valence-electron chi connectivity index (χ1n) is 7.00. The average Bonchev–Trinajstić information content (AvgIpc) is 2.43. The van der Waals surface area contributed by atoms with Gasteiger partial charge in [0.1, 0.15) is 11.9 Å². The van der Waals surface area contributed by atoms with Crippen LogP contribution < -0.4 is 10.5 Å². The molecule has 1 aromatic carbocycles. The molecule has 104 valence electrons. The first kappa shape index (κ1) is 13.9. The summed E-state index contributed by atoms with van der Waals surface area (Å²) < 4.78 is 8.32. The molecule has 0 heterocycles. The Kier molecular flexibility index (Phi) is 3.93. The van der Waals surface area contributed by atoms with E-state index >= 15 is 0 Å². The molecule has 1 spiro atoms. The molecule has 19 heavy (non-hydrogen) atoms. The van der Waals surface area contributed by atoms with E-state index in [0.29, 0.717) is 6.04 Å². The molecular weight excluding hydrogens is 370 g/mol. The standard InChI is InChI=1S/C15H19Br2NO/c16-10-5-4-6-11(17)14(10)19-13-9-12(18)15(13)7-2-1-3-8-15/h4-6,12-13H,1-3,7-9,18H2. The number of ether oxygens (including phenoxy) is 1. The van der Waals surface area contributed by atoms with E-state index in [4.69, 9.17) is 10.5 Å². The highest BCUT2D eigenvalue weighted by atomic mass is 79.9. The topological polar surface area (TPSA) is 35.2 Å². The average molecular weight is 389 g/mol. The van der Waals surface area contributed by atoms with E-state index in [-0.39, 0.29) is 11.5 Å². The van der Waals surface area contributed by atoms with E-state index in [0.717, 1.165) is 21.1 Å². The van der Waals surface area contributed by atoms with Gasteiger partial charge in [-0.3, -0.25) is 0 Å². The lowest BCUT2D eigenvalue weighted by molar-refractivity contribution is -0.0904. The monoisotopic (exact) mass is 387 g/mol. The largest absolute Gasteiger partial charge is 0.487 e. The second-order valence-electron chi connectivity index (χ2n) is 5.79. The molecule has 2 aliphatic carbocycles. The van der Waals surface area contributed by atoms with Gasteiger partial charge in [0.05, 0.1) is 8.95 Å². The molecule has 2 nitrogen and oxygen atoms in total. The van der Waals surface area contributed by atoms with Crippen LogP contribution in [-0.4, -0.2) is 12.1 Å². The normalized spacial score (nSPS) is 29.0. The smallest absolute Gasteiger partial charge is 0.148 e. The Morgan fingerprint density at radius 3 is 2.32 bits per heavy atom. The van der Waals surface area contributed by atoms with E-state index in [2.05, 4.69) is 31.9 Å². The number of hydrogen-bond acceptors (Lipinski definition) is 2. The molecular formula is C15H19Br2NO. The summed E-state index contributed by atoms with van der Waals surface area (Å²) in [5.74, 6) is 0.921. The lowest BCUT2D eigenvalue weighted by Gasteiger charge is -2.56. The molecule has 0 amide bonds. The number of para-hydroxylation sites is 1. The second-order valence-corrected chi connectivity index (χ2v) is 7.50. The van der Waals surface area contributed by atoms with Crippen LogP contribution in [0.4, 0.5) is 0 Å². The number of hydrogen-bond donors (Lipinski definition) is 1. The molecule has 0 radical (unpaired) electrons. The molecule has 2 unspecified atom stereocenters. The van der Waals surface area contributed by atoms with Crippen molar-refractivity contribution in [2.45, 2.75) is 50.7 Å². The van der Waals surface area contributed by atoms with Crippen LogP contribution >= 0.6 is 31.9 Å². The third kappa shape index (κ3) is 2.36. The Bertz CT molecular complexity index is 451. The van der Waals surface area contributed by atoms with Gasteiger partial charge in [0.15, 0.2) is 0 Å². The van der Waals surface area contributed by atoms with Gasteiger partial charge in [0, 0.05) is 17.9 Å². The maximum atomic E-state index is 6.30. The Hall–Kier alpha value is -0.0600. The van der Waals surface area contributed by atoms with Crippen molar-refractivity contribution in [1.82, 2.24) is 0 Å². The van der Waals surface area contributed by atoms with Crippen molar-refractivity contribution in [3.63, 3.8) is 0 Å². The van der Waals surface area contributed by atoms with Gasteiger partial charge in [0.2, 0.25) is 0 Å². The van der Waals surface area contributed by atoms with Crippen LogP contribution in [0.5, 0.6) is 5.75 Å². The van der Waals surface area contributed by atoms with Crippen LogP contribution in [0, 0.1) is 5.41 Å². The highest BCUT2D eigenvalue weighted by molar-refractivity contribution is 9.11. The minimum Gasteiger partial charge on any atom is -0.487 e. The number of nitrogens with two attached hydrogens (primary N) is 1. The van der Waals surface area contributed by atoms with E-state index < -0.39 is 0 Å². The molecule has 2 N–H and O–H groups in total. The molecule has 1 aromatic rings. The summed E-state index contributed by atoms with van der Waals surface area (Å²) in [7, 11) is 0. The van der Waals surface area contributed by atoms with Gasteiger partial charge >= 0.3 is 0 Å². The summed E-state index contributed by atoms with van der Waals surface area (Å²) in [5.41, 5.74) is 6.53. The first-order valence-corrected chi connectivity index (χ1v) is 8.58. The van der Waals surface area contributed by atoms with Crippen molar-refractivity contribution in [3.8, 4) is 5.75 Å². The Morgan fingerprint density at radius 1 is 1.11 bits per heavy atom. The molecule has 2 fully saturated rings. The van der Waals surface area contributed by atoms with Gasteiger partial charge < -0.3 is 10.5 Å². The van der Waals surface area contributed by atoms with Crippen molar-refractivity contribution in [1.29, 1.82) is 0 Å². The summed E-state index contributed by atoms with van der Waals surface area (Å²) in [5, 5.41) is 0. The third-order valence-electron chi connectivity index (χ3n) is 4.81. The Morgan fingerprint density at radius 2 is 1.74 bits per heavy atom. The zero-order valence-corrected chi connectivity index (χ0v) is 14.0. The molecule has 0 aromatic heterocycles. The predicted octanol–water partition coefficient (Wildman–Crippen LogP) is 4.64. The molecule has 2 atom stereocenters. The van der Waals surface area contributed by atoms with Crippen LogP contribution in [-0.2, 0) is 0 Å². The van der Waals surface area contributed by atoms with E-state index in [1.54, 1.807) is 0 Å². The quantitative estimate of drug-likeness (QED) is 0.800. The Balaban J connectivity index is 1.80. The lowest BCUT2D eigenvalue weighted by Crippen LogP contribution is -2.64.